The molecule has 0 saturated carbocycles. The number of hydrogen-bond acceptors (Lipinski definition) is 10. The lowest BCUT2D eigenvalue weighted by Gasteiger charge is -2.33. The number of benzene rings is 2. The van der Waals surface area contributed by atoms with Crippen LogP contribution in [0.2, 0.25) is 0 Å². The maximum Gasteiger partial charge on any atom is 0.392 e. The van der Waals surface area contributed by atoms with Crippen molar-refractivity contribution in [1.29, 1.82) is 0 Å². The van der Waals surface area contributed by atoms with Gasteiger partial charge in [0.15, 0.2) is 0 Å². The van der Waals surface area contributed by atoms with Gasteiger partial charge in [0.1, 0.15) is 24.8 Å². The number of aliphatic imine (C=N–C) groups is 1. The number of alkyl halides is 5. The second-order valence-corrected chi connectivity index (χ2v) is 16.2. The molecule has 4 rings (SSSR count). The van der Waals surface area contributed by atoms with Gasteiger partial charge < -0.3 is 34.0 Å². The topological polar surface area (TPSA) is 130 Å². The monoisotopic (exact) mass is 964 g/mol. The quantitative estimate of drug-likeness (QED) is 0.0212. The molecule has 1 atom stereocenters. The molecule has 0 unspecified atom stereocenters. The van der Waals surface area contributed by atoms with Gasteiger partial charge in [0.2, 0.25) is 17.9 Å². The molecular formula is C46H51ClF6N6O6S. The molecule has 2 heterocycles. The van der Waals surface area contributed by atoms with Gasteiger partial charge in [0, 0.05) is 81.7 Å². The van der Waals surface area contributed by atoms with Gasteiger partial charge in [-0.25, -0.2) is 27.9 Å². The van der Waals surface area contributed by atoms with Crippen LogP contribution in [0.15, 0.2) is 109 Å². The fourth-order valence-corrected chi connectivity index (χ4v) is 6.86. The van der Waals surface area contributed by atoms with Crippen molar-refractivity contribution >= 4 is 47.3 Å². The summed E-state index contributed by atoms with van der Waals surface area (Å²) in [4.78, 5) is 44.2. The predicted octanol–water partition coefficient (Wildman–Crippen LogP) is 9.04. The second-order valence-electron chi connectivity index (χ2n) is 15.2. The van der Waals surface area contributed by atoms with E-state index in [0.29, 0.717) is 33.7 Å². The molecule has 1 aromatic heterocycles. The van der Waals surface area contributed by atoms with Crippen molar-refractivity contribution in [2.24, 2.45) is 4.99 Å². The number of piperidine rings is 1. The Hall–Kier alpha value is -5.79. The molecule has 12 nitrogen and oxygen atoms in total. The number of likely N-dealkylation sites (tertiary alicyclic amines) is 1. The minimum atomic E-state index is -4.45. The lowest BCUT2D eigenvalue weighted by atomic mass is 10.0. The summed E-state index contributed by atoms with van der Waals surface area (Å²) >= 11 is 10.5. The zero-order valence-corrected chi connectivity index (χ0v) is 37.9. The molecule has 0 radical (unpaired) electrons. The van der Waals surface area contributed by atoms with Crippen LogP contribution in [0, 0.1) is 5.82 Å². The highest BCUT2D eigenvalue weighted by Gasteiger charge is 2.34. The number of halogens is 7. The standard InChI is InChI=1S/C46H51ClF6N6O6S/c1-6-7-34(30(2)47)27-59(20-19-58-17-13-45(49,50)14-18-58)42(60)23-33-8-11-40(64-28-38-12-16-54-44(56-38)63-21-15-46(51,52)53)35(22-33)25-41(43(61)62)65-32(4)55-29-57(5)26-36-24-37(48)9-10-39(36)31(3)66/h6-12,16,22,24,29,41,66H,1-4,13-15,17-21,23,25-28H2,5H3,(H,61,62)/b34-7-,55-29?/t41-/m1/s1. The normalized spacial score (nSPS) is 14.6. The number of carboxylic acid groups (broad SMARTS) is 1. The zero-order chi connectivity index (χ0) is 48.6. The molecule has 20 heteroatoms. The van der Waals surface area contributed by atoms with E-state index in [2.05, 4.69) is 53.9 Å². The molecule has 1 amide bonds. The maximum atomic E-state index is 14.1. The van der Waals surface area contributed by atoms with E-state index in [9.17, 15) is 41.0 Å². The van der Waals surface area contributed by atoms with Gasteiger partial charge in [-0.1, -0.05) is 61.7 Å². The lowest BCUT2D eigenvalue weighted by Crippen LogP contribution is -2.45. The second kappa shape index (κ2) is 24.7. The Morgan fingerprint density at radius 3 is 2.47 bits per heavy atom. The summed E-state index contributed by atoms with van der Waals surface area (Å²) in [6, 6.07) is 9.98. The first-order valence-electron chi connectivity index (χ1n) is 20.4. The molecule has 1 N–H and O–H groups in total. The molecule has 0 aliphatic carbocycles. The van der Waals surface area contributed by atoms with Gasteiger partial charge in [0.05, 0.1) is 24.9 Å². The third-order valence-electron chi connectivity index (χ3n) is 9.97. The maximum absolute atomic E-state index is 14.1. The van der Waals surface area contributed by atoms with Crippen molar-refractivity contribution in [3.8, 4) is 11.8 Å². The van der Waals surface area contributed by atoms with E-state index >= 15 is 0 Å². The van der Waals surface area contributed by atoms with E-state index in [-0.39, 0.29) is 105 Å². The van der Waals surface area contributed by atoms with E-state index in [1.54, 1.807) is 36.2 Å². The summed E-state index contributed by atoms with van der Waals surface area (Å²) in [5.41, 5.74) is 2.61. The summed E-state index contributed by atoms with van der Waals surface area (Å²) in [7, 11) is 1.64. The largest absolute Gasteiger partial charge is 0.487 e. The van der Waals surface area contributed by atoms with Crippen LogP contribution in [0.4, 0.5) is 26.3 Å². The third-order valence-corrected chi connectivity index (χ3v) is 10.5. The number of thiol groups is 1. The number of allylic oxidation sites excluding steroid dienone is 2. The van der Waals surface area contributed by atoms with Crippen LogP contribution in [0.1, 0.15) is 47.2 Å². The number of rotatable bonds is 25. The van der Waals surface area contributed by atoms with Gasteiger partial charge in [0.25, 0.3) is 5.92 Å². The Labute approximate surface area is 390 Å². The van der Waals surface area contributed by atoms with Crippen molar-refractivity contribution in [3.63, 3.8) is 0 Å². The first-order valence-corrected chi connectivity index (χ1v) is 21.2. The minimum Gasteiger partial charge on any atom is -0.487 e. The van der Waals surface area contributed by atoms with Gasteiger partial charge in [-0.15, -0.1) is 12.6 Å². The first-order chi connectivity index (χ1) is 31.1. The first kappa shape index (κ1) is 52.8. The summed E-state index contributed by atoms with van der Waals surface area (Å²) in [6.07, 6.45) is -2.69. The molecule has 1 fully saturated rings. The highest BCUT2D eigenvalue weighted by Crippen LogP contribution is 2.29. The number of amides is 1. The highest BCUT2D eigenvalue weighted by atomic mass is 35.5. The molecule has 0 spiro atoms. The van der Waals surface area contributed by atoms with Gasteiger partial charge >= 0.3 is 18.2 Å². The van der Waals surface area contributed by atoms with Crippen molar-refractivity contribution < 1.29 is 55.2 Å². The number of aromatic nitrogens is 2. The number of carbonyl (C=O) groups is 2. The van der Waals surface area contributed by atoms with Crippen molar-refractivity contribution in [3.05, 3.63) is 137 Å². The molecular weight excluding hydrogens is 914 g/mol. The molecule has 0 bridgehead atoms. The van der Waals surface area contributed by atoms with E-state index < -0.39 is 43.0 Å². The number of carbonyl (C=O) groups excluding carboxylic acids is 1. The number of nitrogens with zero attached hydrogens (tertiary/aromatic N) is 6. The van der Waals surface area contributed by atoms with Crippen molar-refractivity contribution in [1.82, 2.24) is 24.7 Å². The Morgan fingerprint density at radius 2 is 1.82 bits per heavy atom. The van der Waals surface area contributed by atoms with E-state index in [0.717, 1.165) is 0 Å². The molecule has 3 aromatic rings. The minimum absolute atomic E-state index is 0.0344. The Bertz CT molecular complexity index is 2290. The lowest BCUT2D eigenvalue weighted by molar-refractivity contribution is -0.147. The van der Waals surface area contributed by atoms with E-state index in [4.69, 9.17) is 25.8 Å². The fraction of sp³-hybridized carbons (Fsp3) is 0.370. The fourth-order valence-electron chi connectivity index (χ4n) is 6.52. The number of carboxylic acids is 1. The highest BCUT2D eigenvalue weighted by molar-refractivity contribution is 7.90. The summed E-state index contributed by atoms with van der Waals surface area (Å²) < 4.78 is 96.7. The molecule has 1 saturated heterocycles. The number of hydrogen-bond donors (Lipinski definition) is 2. The zero-order valence-electron chi connectivity index (χ0n) is 36.2. The predicted molar refractivity (Wildman–Crippen MR) is 243 cm³/mol. The number of ether oxygens (including phenoxy) is 3. The molecule has 1 aliphatic heterocycles. The van der Waals surface area contributed by atoms with Crippen LogP contribution in [0.3, 0.4) is 0 Å². The van der Waals surface area contributed by atoms with Crippen LogP contribution >= 0.6 is 24.2 Å². The molecule has 2 aromatic carbocycles. The van der Waals surface area contributed by atoms with Crippen LogP contribution in [-0.4, -0.2) is 113 Å². The Balaban J connectivity index is 1.58. The molecule has 1 aliphatic rings. The van der Waals surface area contributed by atoms with Crippen molar-refractivity contribution in [2.75, 3.05) is 46.4 Å². The van der Waals surface area contributed by atoms with Gasteiger partial charge in [-0.05, 0) is 58.7 Å². The van der Waals surface area contributed by atoms with Crippen LogP contribution in [0.25, 0.3) is 4.91 Å². The summed E-state index contributed by atoms with van der Waals surface area (Å²) in [5, 5.41) is 10.5. The Kier molecular flexibility index (Phi) is 19.7. The average molecular weight is 965 g/mol. The smallest absolute Gasteiger partial charge is 0.392 e. The van der Waals surface area contributed by atoms with E-state index in [1.807, 2.05) is 4.90 Å². The van der Waals surface area contributed by atoms with E-state index in [1.165, 1.54) is 47.8 Å². The molecule has 66 heavy (non-hydrogen) atoms. The van der Waals surface area contributed by atoms with Gasteiger partial charge in [-0.3, -0.25) is 4.79 Å². The van der Waals surface area contributed by atoms with Crippen molar-refractivity contribution in [2.45, 2.75) is 63.5 Å². The Morgan fingerprint density at radius 1 is 1.09 bits per heavy atom. The third kappa shape index (κ3) is 17.9. The van der Waals surface area contributed by atoms with Crippen LogP contribution in [-0.2, 0) is 40.3 Å². The number of aliphatic carboxylic acids is 1. The average Bonchev–Trinajstić information content (AvgIpc) is 3.23. The summed E-state index contributed by atoms with van der Waals surface area (Å²) in [6.45, 7) is 15.1. The van der Waals surface area contributed by atoms with Gasteiger partial charge in [-0.2, -0.15) is 18.2 Å². The summed E-state index contributed by atoms with van der Waals surface area (Å²) in [5.74, 6) is -5.11. The SMILES string of the molecule is C=C/C=C(/CN(CCN1CCC(F)(F)CC1)C(=O)Cc1ccc(OCc2ccnc(OCCC(F)(F)F)n2)c(C[C@@H](OC(=C)N=CN(C)Cc2cc(F)ccc2C(=C)S)C(=O)O)c1)C(=C)Cl. The van der Waals surface area contributed by atoms with Crippen LogP contribution < -0.4 is 9.47 Å². The molecule has 356 valence electrons. The van der Waals surface area contributed by atoms with Crippen LogP contribution in [0.5, 0.6) is 11.8 Å².